The number of rotatable bonds is 8. The quantitative estimate of drug-likeness (QED) is 0.245. The van der Waals surface area contributed by atoms with Crippen molar-refractivity contribution < 1.29 is 9.13 Å². The Morgan fingerprint density at radius 2 is 1.75 bits per heavy atom. The van der Waals surface area contributed by atoms with Crippen molar-refractivity contribution in [3.8, 4) is 22.7 Å². The molecule has 40 heavy (non-hydrogen) atoms. The van der Waals surface area contributed by atoms with E-state index in [0.717, 1.165) is 17.7 Å². The summed E-state index contributed by atoms with van der Waals surface area (Å²) < 4.78 is 23.8. The van der Waals surface area contributed by atoms with E-state index in [0.29, 0.717) is 38.7 Å². The van der Waals surface area contributed by atoms with Gasteiger partial charge in [-0.05, 0) is 54.5 Å². The van der Waals surface area contributed by atoms with Gasteiger partial charge in [0.15, 0.2) is 17.4 Å². The van der Waals surface area contributed by atoms with Gasteiger partial charge in [0.05, 0.1) is 16.8 Å². The molecule has 0 aliphatic carbocycles. The molecule has 0 bridgehead atoms. The SMILES string of the molecule is CCCOc1ccc(-c2nn(-c3ccccc3)cc2C=c2sc3nc(C=Cc4ccccc4)nn3c2=O)cc1F. The first-order valence-electron chi connectivity index (χ1n) is 12.8. The summed E-state index contributed by atoms with van der Waals surface area (Å²) in [5.41, 5.74) is 3.35. The van der Waals surface area contributed by atoms with E-state index in [4.69, 9.17) is 9.84 Å². The number of halogens is 1. The normalized spacial score (nSPS) is 12.1. The number of aromatic nitrogens is 5. The predicted octanol–water partition coefficient (Wildman–Crippen LogP) is 5.65. The molecule has 3 aromatic carbocycles. The van der Waals surface area contributed by atoms with Gasteiger partial charge in [-0.25, -0.2) is 9.07 Å². The van der Waals surface area contributed by atoms with Crippen LogP contribution in [0.25, 0.3) is 40.1 Å². The van der Waals surface area contributed by atoms with Crippen LogP contribution in [-0.4, -0.2) is 31.0 Å². The third-order valence-corrected chi connectivity index (χ3v) is 7.10. The fourth-order valence-corrected chi connectivity index (χ4v) is 5.11. The predicted molar refractivity (Wildman–Crippen MR) is 156 cm³/mol. The summed E-state index contributed by atoms with van der Waals surface area (Å²) in [6.07, 6.45) is 8.04. The van der Waals surface area contributed by atoms with E-state index >= 15 is 0 Å². The van der Waals surface area contributed by atoms with Crippen LogP contribution >= 0.6 is 11.3 Å². The van der Waals surface area contributed by atoms with Crippen molar-refractivity contribution in [1.29, 1.82) is 0 Å². The molecule has 198 valence electrons. The zero-order valence-corrected chi connectivity index (χ0v) is 22.4. The van der Waals surface area contributed by atoms with Gasteiger partial charge in [0.1, 0.15) is 5.69 Å². The van der Waals surface area contributed by atoms with Crippen LogP contribution in [0, 0.1) is 5.82 Å². The van der Waals surface area contributed by atoms with Gasteiger partial charge in [-0.3, -0.25) is 4.79 Å². The second kappa shape index (κ2) is 11.1. The molecule has 0 atom stereocenters. The molecule has 0 unspecified atom stereocenters. The standard InChI is InChI=1S/C31H24FN5O2S/c1-2-17-39-26-15-14-22(18-25(26)32)29-23(20-36(35-29)24-11-7-4-8-12-24)19-27-30(38)37-31(40-27)33-28(34-37)16-13-21-9-5-3-6-10-21/h3-16,18-20H,2,17H2,1H3. The smallest absolute Gasteiger partial charge is 0.291 e. The summed E-state index contributed by atoms with van der Waals surface area (Å²) in [6, 6.07) is 24.2. The molecule has 0 N–H and O–H groups in total. The van der Waals surface area contributed by atoms with Gasteiger partial charge in [0.25, 0.3) is 5.56 Å². The molecule has 3 heterocycles. The maximum Gasteiger partial charge on any atom is 0.291 e. The highest BCUT2D eigenvalue weighted by atomic mass is 32.1. The highest BCUT2D eigenvalue weighted by Crippen LogP contribution is 2.29. The molecule has 0 aliphatic rings. The topological polar surface area (TPSA) is 74.3 Å². The Hall–Kier alpha value is -4.89. The number of nitrogens with zero attached hydrogens (tertiary/aromatic N) is 5. The molecule has 0 saturated carbocycles. The third kappa shape index (κ3) is 5.19. The lowest BCUT2D eigenvalue weighted by atomic mass is 10.1. The van der Waals surface area contributed by atoms with E-state index in [1.807, 2.05) is 79.9 Å². The lowest BCUT2D eigenvalue weighted by Gasteiger charge is -2.07. The minimum Gasteiger partial charge on any atom is -0.491 e. The highest BCUT2D eigenvalue weighted by Gasteiger charge is 2.16. The Labute approximate surface area is 233 Å². The van der Waals surface area contributed by atoms with Crippen molar-refractivity contribution in [3.05, 3.63) is 123 Å². The van der Waals surface area contributed by atoms with Crippen LogP contribution in [0.4, 0.5) is 4.39 Å². The summed E-state index contributed by atoms with van der Waals surface area (Å²) >= 11 is 1.24. The molecule has 6 rings (SSSR count). The van der Waals surface area contributed by atoms with Crippen LogP contribution in [0.2, 0.25) is 0 Å². The van der Waals surface area contributed by atoms with Crippen molar-refractivity contribution >= 4 is 34.5 Å². The van der Waals surface area contributed by atoms with Crippen LogP contribution in [0.5, 0.6) is 5.75 Å². The van der Waals surface area contributed by atoms with Gasteiger partial charge >= 0.3 is 0 Å². The fraction of sp³-hybridized carbons (Fsp3) is 0.0968. The summed E-state index contributed by atoms with van der Waals surface area (Å²) in [5.74, 6) is 0.186. The van der Waals surface area contributed by atoms with Gasteiger partial charge in [-0.15, -0.1) is 5.10 Å². The van der Waals surface area contributed by atoms with Crippen LogP contribution in [0.15, 0.2) is 89.9 Å². The maximum atomic E-state index is 14.9. The van der Waals surface area contributed by atoms with Crippen LogP contribution in [-0.2, 0) is 0 Å². The lowest BCUT2D eigenvalue weighted by molar-refractivity contribution is 0.301. The molecule has 0 fully saturated rings. The Bertz CT molecular complexity index is 1930. The Balaban J connectivity index is 1.41. The molecular weight excluding hydrogens is 525 g/mol. The summed E-state index contributed by atoms with van der Waals surface area (Å²) in [5, 5.41) is 9.13. The lowest BCUT2D eigenvalue weighted by Crippen LogP contribution is -2.23. The number of fused-ring (bicyclic) bond motifs is 1. The largest absolute Gasteiger partial charge is 0.491 e. The van der Waals surface area contributed by atoms with E-state index in [-0.39, 0.29) is 11.3 Å². The second-order valence-electron chi connectivity index (χ2n) is 9.03. The Morgan fingerprint density at radius 1 is 0.975 bits per heavy atom. The summed E-state index contributed by atoms with van der Waals surface area (Å²) in [6.45, 7) is 2.40. The molecule has 0 saturated heterocycles. The second-order valence-corrected chi connectivity index (χ2v) is 10.0. The van der Waals surface area contributed by atoms with Gasteiger partial charge in [0.2, 0.25) is 4.96 Å². The monoisotopic (exact) mass is 549 g/mol. The number of hydrogen-bond donors (Lipinski definition) is 0. The maximum absolute atomic E-state index is 14.9. The minimum atomic E-state index is -0.467. The number of thiazole rings is 1. The number of ether oxygens (including phenoxy) is 1. The first-order valence-corrected chi connectivity index (χ1v) is 13.6. The zero-order valence-electron chi connectivity index (χ0n) is 21.6. The number of hydrogen-bond acceptors (Lipinski definition) is 6. The van der Waals surface area contributed by atoms with Gasteiger partial charge in [0, 0.05) is 17.3 Å². The first-order chi connectivity index (χ1) is 19.6. The third-order valence-electron chi connectivity index (χ3n) is 6.14. The molecule has 9 heteroatoms. The molecule has 0 radical (unpaired) electrons. The average Bonchev–Trinajstić information content (AvgIpc) is 3.67. The van der Waals surface area contributed by atoms with Crippen molar-refractivity contribution in [1.82, 2.24) is 24.4 Å². The molecule has 0 spiro atoms. The first kappa shape index (κ1) is 25.4. The van der Waals surface area contributed by atoms with E-state index in [1.165, 1.54) is 21.9 Å². The molecule has 7 nitrogen and oxygen atoms in total. The summed E-state index contributed by atoms with van der Waals surface area (Å²) in [4.78, 5) is 18.3. The zero-order chi connectivity index (χ0) is 27.5. The summed E-state index contributed by atoms with van der Waals surface area (Å²) in [7, 11) is 0. The molecule has 0 amide bonds. The van der Waals surface area contributed by atoms with Crippen molar-refractivity contribution in [2.75, 3.05) is 6.61 Å². The molecule has 0 aliphatic heterocycles. The Kier molecular flexibility index (Phi) is 7.03. The highest BCUT2D eigenvalue weighted by molar-refractivity contribution is 7.15. The molecular formula is C31H24FN5O2S. The minimum absolute atomic E-state index is 0.197. The van der Waals surface area contributed by atoms with Crippen LogP contribution in [0.3, 0.4) is 0 Å². The van der Waals surface area contributed by atoms with Gasteiger partial charge in [-0.2, -0.15) is 14.6 Å². The van der Waals surface area contributed by atoms with E-state index in [1.54, 1.807) is 29.0 Å². The number of benzene rings is 3. The van der Waals surface area contributed by atoms with Crippen LogP contribution in [0.1, 0.15) is 30.3 Å². The van der Waals surface area contributed by atoms with Crippen molar-refractivity contribution in [3.63, 3.8) is 0 Å². The van der Waals surface area contributed by atoms with Crippen LogP contribution < -0.4 is 14.8 Å². The van der Waals surface area contributed by atoms with Gasteiger partial charge in [-0.1, -0.05) is 72.9 Å². The van der Waals surface area contributed by atoms with E-state index in [2.05, 4.69) is 10.1 Å². The Morgan fingerprint density at radius 3 is 2.48 bits per heavy atom. The number of para-hydroxylation sites is 1. The molecule has 6 aromatic rings. The molecule has 3 aromatic heterocycles. The van der Waals surface area contributed by atoms with Crippen molar-refractivity contribution in [2.24, 2.45) is 0 Å². The van der Waals surface area contributed by atoms with Crippen molar-refractivity contribution in [2.45, 2.75) is 13.3 Å². The fourth-order valence-electron chi connectivity index (χ4n) is 4.20. The van der Waals surface area contributed by atoms with Gasteiger partial charge < -0.3 is 4.74 Å². The van der Waals surface area contributed by atoms with E-state index < -0.39 is 5.82 Å². The average molecular weight is 550 g/mol. The van der Waals surface area contributed by atoms with E-state index in [9.17, 15) is 9.18 Å².